The molecule has 0 bridgehead atoms. The van der Waals surface area contributed by atoms with Crippen LogP contribution in [0.1, 0.15) is 52.9 Å². The van der Waals surface area contributed by atoms with Gasteiger partial charge in [-0.3, -0.25) is 4.79 Å². The van der Waals surface area contributed by atoms with E-state index in [1.54, 1.807) is 0 Å². The van der Waals surface area contributed by atoms with Crippen molar-refractivity contribution in [3.8, 4) is 0 Å². The fourth-order valence-corrected chi connectivity index (χ4v) is 2.33. The van der Waals surface area contributed by atoms with Crippen LogP contribution in [0.25, 0.3) is 0 Å². The second kappa shape index (κ2) is 6.36. The van der Waals surface area contributed by atoms with Crippen LogP contribution in [0.4, 0.5) is 0 Å². The second-order valence-corrected chi connectivity index (χ2v) is 6.08. The molecule has 1 aliphatic rings. The van der Waals surface area contributed by atoms with Crippen LogP contribution in [0.3, 0.4) is 0 Å². The predicted octanol–water partition coefficient (Wildman–Crippen LogP) is 1.15. The van der Waals surface area contributed by atoms with Crippen LogP contribution in [0, 0.1) is 0 Å². The molecule has 1 saturated carbocycles. The monoisotopic (exact) mass is 241 g/mol. The lowest BCUT2D eigenvalue weighted by Gasteiger charge is -2.25. The van der Waals surface area contributed by atoms with Gasteiger partial charge in [0.25, 0.3) is 0 Å². The lowest BCUT2D eigenvalue weighted by atomic mass is 10.1. The molecule has 1 aliphatic carbocycles. The van der Waals surface area contributed by atoms with Gasteiger partial charge in [-0.15, -0.1) is 0 Å². The van der Waals surface area contributed by atoms with E-state index < -0.39 is 0 Å². The minimum atomic E-state index is -0.163. The molecule has 1 unspecified atom stereocenters. The number of amides is 1. The second-order valence-electron chi connectivity index (χ2n) is 6.08. The molecule has 0 radical (unpaired) electrons. The van der Waals surface area contributed by atoms with Gasteiger partial charge < -0.3 is 16.4 Å². The number of nitrogens with two attached hydrogens (primary N) is 1. The van der Waals surface area contributed by atoms with Crippen LogP contribution < -0.4 is 16.4 Å². The summed E-state index contributed by atoms with van der Waals surface area (Å²) in [6.07, 6.45) is 5.51. The first-order chi connectivity index (χ1) is 7.90. The van der Waals surface area contributed by atoms with Crippen molar-refractivity contribution in [1.29, 1.82) is 0 Å². The van der Waals surface area contributed by atoms with Crippen molar-refractivity contribution in [3.63, 3.8) is 0 Å². The molecule has 0 aromatic carbocycles. The molecule has 1 rings (SSSR count). The van der Waals surface area contributed by atoms with Crippen molar-refractivity contribution < 1.29 is 4.79 Å². The summed E-state index contributed by atoms with van der Waals surface area (Å²) in [5, 5.41) is 6.47. The van der Waals surface area contributed by atoms with E-state index in [0.717, 1.165) is 0 Å². The van der Waals surface area contributed by atoms with E-state index in [1.807, 2.05) is 20.8 Å². The lowest BCUT2D eigenvalue weighted by Crippen LogP contribution is -2.47. The van der Waals surface area contributed by atoms with Gasteiger partial charge in [0.05, 0.1) is 0 Å². The Morgan fingerprint density at radius 3 is 2.41 bits per heavy atom. The van der Waals surface area contributed by atoms with Crippen LogP contribution >= 0.6 is 0 Å². The standard InChI is InChI=1S/C13H27N3O/c1-13(2,3)16-12(17)8-11(9-14)15-10-6-4-5-7-10/h10-11,15H,4-9,14H2,1-3H3,(H,16,17). The Morgan fingerprint density at radius 2 is 1.94 bits per heavy atom. The minimum absolute atomic E-state index is 0.0819. The van der Waals surface area contributed by atoms with E-state index in [9.17, 15) is 4.79 Å². The molecule has 100 valence electrons. The van der Waals surface area contributed by atoms with Crippen LogP contribution in [0.5, 0.6) is 0 Å². The van der Waals surface area contributed by atoms with Gasteiger partial charge in [-0.05, 0) is 33.6 Å². The normalized spacial score (nSPS) is 19.3. The molecule has 4 N–H and O–H groups in total. The highest BCUT2D eigenvalue weighted by molar-refractivity contribution is 5.77. The van der Waals surface area contributed by atoms with Crippen molar-refractivity contribution in [2.75, 3.05) is 6.54 Å². The maximum Gasteiger partial charge on any atom is 0.222 e. The third-order valence-corrected chi connectivity index (χ3v) is 3.06. The highest BCUT2D eigenvalue weighted by atomic mass is 16.1. The molecule has 0 aromatic heterocycles. The predicted molar refractivity (Wildman–Crippen MR) is 70.7 cm³/mol. The summed E-state index contributed by atoms with van der Waals surface area (Å²) in [7, 11) is 0. The summed E-state index contributed by atoms with van der Waals surface area (Å²) in [4.78, 5) is 11.8. The van der Waals surface area contributed by atoms with Gasteiger partial charge in [0.2, 0.25) is 5.91 Å². The number of carbonyl (C=O) groups excluding carboxylic acids is 1. The molecule has 0 saturated heterocycles. The van der Waals surface area contributed by atoms with Gasteiger partial charge in [-0.1, -0.05) is 12.8 Å². The summed E-state index contributed by atoms with van der Waals surface area (Å²) in [6.45, 7) is 6.50. The van der Waals surface area contributed by atoms with E-state index in [1.165, 1.54) is 25.7 Å². The first-order valence-electron chi connectivity index (χ1n) is 6.68. The number of carbonyl (C=O) groups is 1. The summed E-state index contributed by atoms with van der Waals surface area (Å²) in [6, 6.07) is 0.673. The lowest BCUT2D eigenvalue weighted by molar-refractivity contribution is -0.123. The van der Waals surface area contributed by atoms with Crippen molar-refractivity contribution in [1.82, 2.24) is 10.6 Å². The molecular weight excluding hydrogens is 214 g/mol. The molecule has 0 aromatic rings. The molecule has 1 amide bonds. The number of nitrogens with one attached hydrogen (secondary N) is 2. The molecule has 4 nitrogen and oxygen atoms in total. The SMILES string of the molecule is CC(C)(C)NC(=O)CC(CN)NC1CCCC1. The Hall–Kier alpha value is -0.610. The zero-order valence-electron chi connectivity index (χ0n) is 11.4. The molecule has 0 spiro atoms. The van der Waals surface area contributed by atoms with Gasteiger partial charge in [-0.2, -0.15) is 0 Å². The maximum atomic E-state index is 11.8. The molecule has 1 fully saturated rings. The molecule has 0 aliphatic heterocycles. The van der Waals surface area contributed by atoms with E-state index in [0.29, 0.717) is 19.0 Å². The average Bonchev–Trinajstić information content (AvgIpc) is 2.66. The van der Waals surface area contributed by atoms with Crippen molar-refractivity contribution in [2.45, 2.75) is 70.5 Å². The molecule has 17 heavy (non-hydrogen) atoms. The largest absolute Gasteiger partial charge is 0.351 e. The Bertz CT molecular complexity index is 242. The fraction of sp³-hybridized carbons (Fsp3) is 0.923. The smallest absolute Gasteiger partial charge is 0.222 e. The summed E-state index contributed by atoms with van der Waals surface area (Å²) in [5.41, 5.74) is 5.56. The van der Waals surface area contributed by atoms with Gasteiger partial charge in [0.15, 0.2) is 0 Å². The average molecular weight is 241 g/mol. The van der Waals surface area contributed by atoms with Crippen molar-refractivity contribution in [2.24, 2.45) is 5.73 Å². The number of hydrogen-bond donors (Lipinski definition) is 3. The van der Waals surface area contributed by atoms with Gasteiger partial charge in [0.1, 0.15) is 0 Å². The molecule has 4 heteroatoms. The zero-order valence-corrected chi connectivity index (χ0v) is 11.4. The quantitative estimate of drug-likeness (QED) is 0.676. The van der Waals surface area contributed by atoms with Gasteiger partial charge in [-0.25, -0.2) is 0 Å². The van der Waals surface area contributed by atoms with E-state index >= 15 is 0 Å². The summed E-state index contributed by atoms with van der Waals surface area (Å²) < 4.78 is 0. The zero-order chi connectivity index (χ0) is 12.9. The van der Waals surface area contributed by atoms with Crippen LogP contribution in [-0.2, 0) is 4.79 Å². The summed E-state index contributed by atoms with van der Waals surface area (Å²) in [5.74, 6) is 0.0819. The van der Waals surface area contributed by atoms with E-state index in [2.05, 4.69) is 10.6 Å². The Kier molecular flexibility index (Phi) is 5.40. The Morgan fingerprint density at radius 1 is 1.35 bits per heavy atom. The minimum Gasteiger partial charge on any atom is -0.351 e. The van der Waals surface area contributed by atoms with Crippen LogP contribution in [0.2, 0.25) is 0 Å². The Labute approximate surface area is 105 Å². The first-order valence-corrected chi connectivity index (χ1v) is 6.68. The number of rotatable bonds is 5. The topological polar surface area (TPSA) is 67.2 Å². The molecule has 0 heterocycles. The summed E-state index contributed by atoms with van der Waals surface area (Å²) >= 11 is 0. The first kappa shape index (κ1) is 14.5. The van der Waals surface area contributed by atoms with E-state index in [4.69, 9.17) is 5.73 Å². The fourth-order valence-electron chi connectivity index (χ4n) is 2.33. The number of hydrogen-bond acceptors (Lipinski definition) is 3. The highest BCUT2D eigenvalue weighted by Crippen LogP contribution is 2.18. The third-order valence-electron chi connectivity index (χ3n) is 3.06. The van der Waals surface area contributed by atoms with Crippen LogP contribution in [-0.4, -0.2) is 30.1 Å². The molecule has 1 atom stereocenters. The van der Waals surface area contributed by atoms with Gasteiger partial charge >= 0.3 is 0 Å². The van der Waals surface area contributed by atoms with Crippen molar-refractivity contribution in [3.05, 3.63) is 0 Å². The molecular formula is C13H27N3O. The Balaban J connectivity index is 2.32. The highest BCUT2D eigenvalue weighted by Gasteiger charge is 2.21. The van der Waals surface area contributed by atoms with E-state index in [-0.39, 0.29) is 17.5 Å². The third kappa shape index (κ3) is 6.03. The van der Waals surface area contributed by atoms with Gasteiger partial charge in [0, 0.05) is 30.6 Å². The maximum absolute atomic E-state index is 11.8. The van der Waals surface area contributed by atoms with Crippen molar-refractivity contribution >= 4 is 5.91 Å². The van der Waals surface area contributed by atoms with Crippen LogP contribution in [0.15, 0.2) is 0 Å².